The second-order valence-electron chi connectivity index (χ2n) is 7.81. The second kappa shape index (κ2) is 7.47. The molecule has 3 aromatic rings. The van der Waals surface area contributed by atoms with Gasteiger partial charge in [-0.1, -0.05) is 23.7 Å². The molecule has 1 aliphatic heterocycles. The van der Waals surface area contributed by atoms with Gasteiger partial charge in [0.25, 0.3) is 0 Å². The third-order valence-corrected chi connectivity index (χ3v) is 7.04. The van der Waals surface area contributed by atoms with Crippen LogP contribution in [0, 0.1) is 5.82 Å². The summed E-state index contributed by atoms with van der Waals surface area (Å²) in [6, 6.07) is 7.98. The number of fused-ring (bicyclic) bond motifs is 1. The number of aromatic nitrogens is 1. The molecule has 2 aromatic carbocycles. The number of Topliss-reactive ketones (excluding diaryl/α,β-unsaturated/α-hetero) is 1. The first kappa shape index (κ1) is 21.2. The van der Waals surface area contributed by atoms with E-state index in [1.807, 2.05) is 0 Å². The lowest BCUT2D eigenvalue weighted by Gasteiger charge is -2.14. The monoisotopic (exact) mass is 480 g/mol. The van der Waals surface area contributed by atoms with Crippen molar-refractivity contribution >= 4 is 28.7 Å². The lowest BCUT2D eigenvalue weighted by atomic mass is 9.89. The topological polar surface area (TPSA) is 74.4 Å². The minimum Gasteiger partial charge on any atom is -0.395 e. The van der Waals surface area contributed by atoms with Crippen molar-refractivity contribution < 1.29 is 27.4 Å². The van der Waals surface area contributed by atoms with Gasteiger partial charge in [-0.2, -0.15) is 0 Å². The van der Waals surface area contributed by atoms with E-state index in [1.165, 1.54) is 41.8 Å². The van der Waals surface area contributed by atoms with Gasteiger partial charge < -0.3 is 15.2 Å². The summed E-state index contributed by atoms with van der Waals surface area (Å²) in [4.78, 5) is 18.0. The Morgan fingerprint density at radius 2 is 1.94 bits per heavy atom. The van der Waals surface area contributed by atoms with Crippen LogP contribution in [-0.2, 0) is 16.6 Å². The molecule has 0 bridgehead atoms. The van der Waals surface area contributed by atoms with Crippen LogP contribution >= 0.6 is 22.9 Å². The summed E-state index contributed by atoms with van der Waals surface area (Å²) in [6.07, 6.45) is -0.897. The van der Waals surface area contributed by atoms with Crippen LogP contribution in [0.1, 0.15) is 39.9 Å². The molecule has 1 saturated carbocycles. The standard InChI is InChI=1S/C22H16ClF3N2O3S/c23-12-2-3-13(14(24)8-12)20(27)17-10-28-19(32-17)9-18(29)21(5-6-21)11-1-4-15-16(7-11)31-22(25,26)30-15/h1-4,7-8,10,20H,5-6,9,27H2/t20-/m0/s1. The van der Waals surface area contributed by atoms with Gasteiger partial charge in [0.15, 0.2) is 11.5 Å². The number of hydrogen-bond donors (Lipinski definition) is 1. The predicted octanol–water partition coefficient (Wildman–Crippen LogP) is 5.15. The molecule has 1 atom stereocenters. The smallest absolute Gasteiger partial charge is 0.395 e. The zero-order valence-corrected chi connectivity index (χ0v) is 18.0. The summed E-state index contributed by atoms with van der Waals surface area (Å²) in [5.41, 5.74) is 6.33. The quantitative estimate of drug-likeness (QED) is 0.528. The van der Waals surface area contributed by atoms with Gasteiger partial charge in [-0.15, -0.1) is 20.1 Å². The number of nitrogens with two attached hydrogens (primary N) is 1. The van der Waals surface area contributed by atoms with E-state index in [0.29, 0.717) is 28.3 Å². The Hall–Kier alpha value is -2.62. The molecule has 0 amide bonds. The molecule has 166 valence electrons. The first-order valence-electron chi connectivity index (χ1n) is 9.76. The molecule has 0 spiro atoms. The van der Waals surface area contributed by atoms with Gasteiger partial charge in [-0.3, -0.25) is 4.79 Å². The van der Waals surface area contributed by atoms with E-state index >= 15 is 0 Å². The molecule has 5 nitrogen and oxygen atoms in total. The Morgan fingerprint density at radius 1 is 1.19 bits per heavy atom. The molecule has 1 aromatic heterocycles. The molecule has 2 aliphatic rings. The number of benzene rings is 2. The highest BCUT2D eigenvalue weighted by Crippen LogP contribution is 2.52. The van der Waals surface area contributed by atoms with Crippen molar-refractivity contribution in [1.29, 1.82) is 0 Å². The summed E-state index contributed by atoms with van der Waals surface area (Å²) in [5, 5.41) is 0.824. The fourth-order valence-corrected chi connectivity index (χ4v) is 4.96. The van der Waals surface area contributed by atoms with Gasteiger partial charge in [-0.25, -0.2) is 9.37 Å². The lowest BCUT2D eigenvalue weighted by molar-refractivity contribution is -0.286. The molecule has 2 N–H and O–H groups in total. The van der Waals surface area contributed by atoms with E-state index in [4.69, 9.17) is 17.3 Å². The maximum absolute atomic E-state index is 14.2. The highest BCUT2D eigenvalue weighted by atomic mass is 35.5. The maximum atomic E-state index is 14.2. The molecule has 32 heavy (non-hydrogen) atoms. The third kappa shape index (κ3) is 3.74. The summed E-state index contributed by atoms with van der Waals surface area (Å²) >= 11 is 7.03. The van der Waals surface area contributed by atoms with Gasteiger partial charge in [0.05, 0.1) is 17.9 Å². The highest BCUT2D eigenvalue weighted by molar-refractivity contribution is 7.11. The van der Waals surface area contributed by atoms with E-state index in [0.717, 1.165) is 0 Å². The van der Waals surface area contributed by atoms with Gasteiger partial charge in [0.2, 0.25) is 0 Å². The third-order valence-electron chi connectivity index (χ3n) is 5.72. The molecule has 0 saturated heterocycles. The Bertz CT molecular complexity index is 1230. The molecule has 2 heterocycles. The predicted molar refractivity (Wildman–Crippen MR) is 112 cm³/mol. The first-order chi connectivity index (χ1) is 15.2. The fourth-order valence-electron chi connectivity index (χ4n) is 3.86. The number of hydrogen-bond acceptors (Lipinski definition) is 6. The zero-order valence-electron chi connectivity index (χ0n) is 16.4. The van der Waals surface area contributed by atoms with Gasteiger partial charge in [0.1, 0.15) is 16.6 Å². The Balaban J connectivity index is 1.33. The normalized spacial score (nSPS) is 18.4. The van der Waals surface area contributed by atoms with Gasteiger partial charge >= 0.3 is 6.29 Å². The van der Waals surface area contributed by atoms with Crippen molar-refractivity contribution in [1.82, 2.24) is 4.98 Å². The van der Waals surface area contributed by atoms with Crippen LogP contribution in [0.25, 0.3) is 0 Å². The number of carbonyl (C=O) groups is 1. The molecule has 0 radical (unpaired) electrons. The van der Waals surface area contributed by atoms with E-state index < -0.39 is 23.6 Å². The average molecular weight is 481 g/mol. The SMILES string of the molecule is N[C@H](c1cnc(CC(=O)C2(c3ccc4c(c3)OC(F)(F)O4)CC2)s1)c1ccc(Cl)cc1F. The van der Waals surface area contributed by atoms with E-state index in [-0.39, 0.29) is 34.3 Å². The van der Waals surface area contributed by atoms with Crippen molar-refractivity contribution in [2.45, 2.75) is 37.0 Å². The van der Waals surface area contributed by atoms with Crippen LogP contribution in [-0.4, -0.2) is 17.1 Å². The Morgan fingerprint density at radius 3 is 2.66 bits per heavy atom. The first-order valence-corrected chi connectivity index (χ1v) is 11.0. The van der Waals surface area contributed by atoms with Crippen molar-refractivity contribution in [2.75, 3.05) is 0 Å². The largest absolute Gasteiger partial charge is 0.586 e. The lowest BCUT2D eigenvalue weighted by Crippen LogP contribution is -2.26. The van der Waals surface area contributed by atoms with E-state index in [1.54, 1.807) is 12.1 Å². The number of halogens is 4. The number of ether oxygens (including phenoxy) is 2. The molecule has 1 aliphatic carbocycles. The number of nitrogens with zero attached hydrogens (tertiary/aromatic N) is 1. The van der Waals surface area contributed by atoms with Crippen LogP contribution < -0.4 is 15.2 Å². The van der Waals surface area contributed by atoms with Gasteiger partial charge in [-0.05, 0) is 42.7 Å². The van der Waals surface area contributed by atoms with E-state index in [9.17, 15) is 18.0 Å². The minimum absolute atomic E-state index is 0.0602. The summed E-state index contributed by atoms with van der Waals surface area (Å²) in [7, 11) is 0. The van der Waals surface area contributed by atoms with Crippen LogP contribution in [0.2, 0.25) is 5.02 Å². The van der Waals surface area contributed by atoms with Crippen molar-refractivity contribution in [3.63, 3.8) is 0 Å². The van der Waals surface area contributed by atoms with Crippen molar-refractivity contribution in [3.05, 3.63) is 74.4 Å². The van der Waals surface area contributed by atoms with E-state index in [2.05, 4.69) is 14.5 Å². The molecule has 1 fully saturated rings. The minimum atomic E-state index is -3.71. The molecule has 5 rings (SSSR count). The summed E-state index contributed by atoms with van der Waals surface area (Å²) in [6.45, 7) is 0. The summed E-state index contributed by atoms with van der Waals surface area (Å²) in [5.74, 6) is -0.731. The maximum Gasteiger partial charge on any atom is 0.586 e. The molecule has 0 unspecified atom stereocenters. The zero-order chi connectivity index (χ0) is 22.7. The number of thiazole rings is 1. The number of ketones is 1. The molecule has 10 heteroatoms. The van der Waals surface area contributed by atoms with Crippen LogP contribution in [0.3, 0.4) is 0 Å². The summed E-state index contributed by atoms with van der Waals surface area (Å²) < 4.78 is 49.7. The van der Waals surface area contributed by atoms with Crippen LogP contribution in [0.4, 0.5) is 13.2 Å². The van der Waals surface area contributed by atoms with Crippen molar-refractivity contribution in [2.24, 2.45) is 5.73 Å². The number of rotatable bonds is 6. The molecular weight excluding hydrogens is 465 g/mol. The van der Waals surface area contributed by atoms with Gasteiger partial charge in [0, 0.05) is 21.7 Å². The van der Waals surface area contributed by atoms with Crippen LogP contribution in [0.15, 0.2) is 42.6 Å². The fraction of sp³-hybridized carbons (Fsp3) is 0.273. The number of carbonyl (C=O) groups excluding carboxylic acids is 1. The molecular formula is C22H16ClF3N2O3S. The van der Waals surface area contributed by atoms with Crippen molar-refractivity contribution in [3.8, 4) is 11.5 Å². The number of alkyl halides is 2. The van der Waals surface area contributed by atoms with Crippen LogP contribution in [0.5, 0.6) is 11.5 Å². The highest BCUT2D eigenvalue weighted by Gasteiger charge is 2.52. The average Bonchev–Trinajstić information content (AvgIpc) is 3.30. The Labute approximate surface area is 189 Å². The second-order valence-corrected chi connectivity index (χ2v) is 9.39. The Kier molecular flexibility index (Phi) is 4.96.